The average Bonchev–Trinajstić information content (AvgIpc) is 3.28. The van der Waals surface area contributed by atoms with Crippen molar-refractivity contribution in [2.24, 2.45) is 5.10 Å². The van der Waals surface area contributed by atoms with Crippen molar-refractivity contribution in [1.82, 2.24) is 19.5 Å². The van der Waals surface area contributed by atoms with Crippen molar-refractivity contribution in [2.75, 3.05) is 24.6 Å². The van der Waals surface area contributed by atoms with Gasteiger partial charge in [-0.05, 0) is 24.6 Å². The second-order valence-corrected chi connectivity index (χ2v) is 8.13. The van der Waals surface area contributed by atoms with Gasteiger partial charge in [-0.15, -0.1) is 0 Å². The number of hydrazone groups is 1. The number of anilines is 1. The van der Waals surface area contributed by atoms with Crippen molar-refractivity contribution < 1.29 is 13.9 Å². The second-order valence-electron chi connectivity index (χ2n) is 8.13. The lowest BCUT2D eigenvalue weighted by atomic mass is 10.1. The van der Waals surface area contributed by atoms with Gasteiger partial charge in [-0.25, -0.2) is 9.37 Å². The minimum Gasteiger partial charge on any atom is -0.473 e. The molecule has 0 spiro atoms. The van der Waals surface area contributed by atoms with Gasteiger partial charge in [0.1, 0.15) is 30.4 Å². The van der Waals surface area contributed by atoms with E-state index >= 15 is 0 Å². The fourth-order valence-corrected chi connectivity index (χ4v) is 3.77. The highest BCUT2D eigenvalue weighted by Gasteiger charge is 2.21. The molecule has 2 aromatic heterocycles. The standard InChI is InChI=1S/C24H24FN7O2/c25-21-12-18(13-26)4-5-19(21)16-34-24-3-1-2-22(29-24)31-9-10-32(28-17-31)15-23-27-7-8-30(23)14-20-6-11-33-20/h1-5,7-8,12,17,20H,6,9-11,14-16H2/t20-/m0/s1. The lowest BCUT2D eigenvalue weighted by Gasteiger charge is -2.30. The molecule has 5 rings (SSSR count). The summed E-state index contributed by atoms with van der Waals surface area (Å²) in [5.74, 6) is 1.58. The second kappa shape index (κ2) is 9.89. The van der Waals surface area contributed by atoms with Crippen LogP contribution in [0.15, 0.2) is 53.9 Å². The lowest BCUT2D eigenvalue weighted by Crippen LogP contribution is -2.38. The van der Waals surface area contributed by atoms with Crippen LogP contribution in [0, 0.1) is 17.1 Å². The van der Waals surface area contributed by atoms with Crippen molar-refractivity contribution >= 4 is 12.2 Å². The summed E-state index contributed by atoms with van der Waals surface area (Å²) in [6.45, 7) is 3.73. The van der Waals surface area contributed by atoms with Crippen molar-refractivity contribution in [3.05, 3.63) is 71.6 Å². The Balaban J connectivity index is 1.18. The molecule has 0 radical (unpaired) electrons. The molecular weight excluding hydrogens is 437 g/mol. The Labute approximate surface area is 196 Å². The summed E-state index contributed by atoms with van der Waals surface area (Å²) in [6, 6.07) is 11.7. The summed E-state index contributed by atoms with van der Waals surface area (Å²) >= 11 is 0. The molecule has 1 aromatic carbocycles. The maximum atomic E-state index is 14.1. The largest absolute Gasteiger partial charge is 0.473 e. The van der Waals surface area contributed by atoms with Crippen molar-refractivity contribution in [1.29, 1.82) is 5.26 Å². The number of imidazole rings is 1. The smallest absolute Gasteiger partial charge is 0.215 e. The summed E-state index contributed by atoms with van der Waals surface area (Å²) in [6.07, 6.45) is 6.91. The van der Waals surface area contributed by atoms with E-state index in [1.54, 1.807) is 24.5 Å². The maximum Gasteiger partial charge on any atom is 0.215 e. The van der Waals surface area contributed by atoms with Gasteiger partial charge in [0.15, 0.2) is 0 Å². The molecule has 0 saturated carbocycles. The highest BCUT2D eigenvalue weighted by molar-refractivity contribution is 5.77. The van der Waals surface area contributed by atoms with E-state index in [1.165, 1.54) is 6.07 Å². The van der Waals surface area contributed by atoms with Gasteiger partial charge in [-0.2, -0.15) is 15.3 Å². The monoisotopic (exact) mass is 461 g/mol. The van der Waals surface area contributed by atoms with Gasteiger partial charge in [0, 0.05) is 37.2 Å². The Morgan fingerprint density at radius 1 is 1.24 bits per heavy atom. The quantitative estimate of drug-likeness (QED) is 0.509. The van der Waals surface area contributed by atoms with Crippen molar-refractivity contribution in [3.8, 4) is 11.9 Å². The van der Waals surface area contributed by atoms with Crippen LogP contribution in [0.2, 0.25) is 0 Å². The number of benzene rings is 1. The molecule has 2 aliphatic heterocycles. The number of nitrogens with zero attached hydrogens (tertiary/aromatic N) is 7. The molecule has 34 heavy (non-hydrogen) atoms. The first-order valence-electron chi connectivity index (χ1n) is 11.1. The first-order valence-corrected chi connectivity index (χ1v) is 11.1. The Morgan fingerprint density at radius 3 is 2.88 bits per heavy atom. The van der Waals surface area contributed by atoms with Crippen LogP contribution in [-0.2, 0) is 24.4 Å². The minimum atomic E-state index is -0.473. The molecule has 0 amide bonds. The van der Waals surface area contributed by atoms with Crippen molar-refractivity contribution in [3.63, 3.8) is 0 Å². The molecule has 1 saturated heterocycles. The van der Waals surface area contributed by atoms with Crippen LogP contribution in [0.4, 0.5) is 10.2 Å². The molecule has 0 bridgehead atoms. The Kier molecular flexibility index (Phi) is 6.35. The summed E-state index contributed by atoms with van der Waals surface area (Å²) in [4.78, 5) is 11.0. The highest BCUT2D eigenvalue weighted by Crippen LogP contribution is 2.20. The van der Waals surface area contributed by atoms with Crippen LogP contribution in [0.3, 0.4) is 0 Å². The van der Waals surface area contributed by atoms with Crippen LogP contribution in [0.25, 0.3) is 0 Å². The summed E-state index contributed by atoms with van der Waals surface area (Å²) in [5.41, 5.74) is 0.639. The molecule has 2 aliphatic rings. The Morgan fingerprint density at radius 2 is 2.15 bits per heavy atom. The molecule has 1 atom stereocenters. The predicted octanol–water partition coefficient (Wildman–Crippen LogP) is 2.92. The predicted molar refractivity (Wildman–Crippen MR) is 123 cm³/mol. The summed E-state index contributed by atoms with van der Waals surface area (Å²) < 4.78 is 27.5. The number of rotatable bonds is 8. The first-order chi connectivity index (χ1) is 16.7. The minimum absolute atomic E-state index is 0.0222. The topological polar surface area (TPSA) is 91.8 Å². The van der Waals surface area contributed by atoms with Crippen LogP contribution in [0.5, 0.6) is 5.88 Å². The van der Waals surface area contributed by atoms with Gasteiger partial charge in [-0.1, -0.05) is 12.1 Å². The van der Waals surface area contributed by atoms with Gasteiger partial charge in [0.2, 0.25) is 5.88 Å². The molecule has 1 fully saturated rings. The lowest BCUT2D eigenvalue weighted by molar-refractivity contribution is -0.0597. The third-order valence-electron chi connectivity index (χ3n) is 5.83. The van der Waals surface area contributed by atoms with E-state index < -0.39 is 5.82 Å². The van der Waals surface area contributed by atoms with E-state index in [4.69, 9.17) is 14.7 Å². The average molecular weight is 462 g/mol. The highest BCUT2D eigenvalue weighted by atomic mass is 19.1. The zero-order chi connectivity index (χ0) is 23.3. The number of ether oxygens (including phenoxy) is 2. The Bertz CT molecular complexity index is 1220. The fourth-order valence-electron chi connectivity index (χ4n) is 3.77. The number of halogens is 1. The molecular formula is C24H24FN7O2. The normalized spacial score (nSPS) is 17.4. The molecule has 0 N–H and O–H groups in total. The van der Waals surface area contributed by atoms with Crippen molar-refractivity contribution in [2.45, 2.75) is 32.2 Å². The van der Waals surface area contributed by atoms with Crippen LogP contribution in [-0.4, -0.2) is 51.7 Å². The molecule has 9 nitrogen and oxygen atoms in total. The van der Waals surface area contributed by atoms with E-state index in [9.17, 15) is 4.39 Å². The zero-order valence-electron chi connectivity index (χ0n) is 18.5. The third-order valence-corrected chi connectivity index (χ3v) is 5.83. The van der Waals surface area contributed by atoms with Crippen LogP contribution in [0.1, 0.15) is 23.4 Å². The number of hydrogen-bond donors (Lipinski definition) is 0. The van der Waals surface area contributed by atoms with Gasteiger partial charge in [0.25, 0.3) is 0 Å². The number of nitriles is 1. The number of aromatic nitrogens is 3. The summed E-state index contributed by atoms with van der Waals surface area (Å²) in [5, 5.41) is 15.4. The fraction of sp³-hybridized carbons (Fsp3) is 0.333. The zero-order valence-corrected chi connectivity index (χ0v) is 18.5. The van der Waals surface area contributed by atoms with Gasteiger partial charge < -0.3 is 18.9 Å². The van der Waals surface area contributed by atoms with Crippen LogP contribution < -0.4 is 9.64 Å². The first kappa shape index (κ1) is 21.9. The number of pyridine rings is 1. The van der Waals surface area contributed by atoms with E-state index in [1.807, 2.05) is 40.5 Å². The van der Waals surface area contributed by atoms with Crippen LogP contribution >= 0.6 is 0 Å². The molecule has 3 aromatic rings. The molecule has 4 heterocycles. The summed E-state index contributed by atoms with van der Waals surface area (Å²) in [7, 11) is 0. The van der Waals surface area contributed by atoms with E-state index in [2.05, 4.69) is 19.6 Å². The SMILES string of the molecule is N#Cc1ccc(COc2cccc(N3C=NN(Cc4nccn4C[C@@H]4CCO4)CC3)n2)c(F)c1. The van der Waals surface area contributed by atoms with E-state index in [-0.39, 0.29) is 18.3 Å². The molecule has 0 unspecified atom stereocenters. The third kappa shape index (κ3) is 5.00. The van der Waals surface area contributed by atoms with Gasteiger partial charge in [0.05, 0.1) is 37.4 Å². The van der Waals surface area contributed by atoms with E-state index in [0.29, 0.717) is 36.9 Å². The molecule has 10 heteroatoms. The Hall–Kier alpha value is -3.97. The molecule has 0 aliphatic carbocycles. The van der Waals surface area contributed by atoms with Gasteiger partial charge >= 0.3 is 0 Å². The maximum absolute atomic E-state index is 14.1. The number of hydrogen-bond acceptors (Lipinski definition) is 8. The van der Waals surface area contributed by atoms with Gasteiger partial charge in [-0.3, -0.25) is 5.01 Å². The van der Waals surface area contributed by atoms with E-state index in [0.717, 1.165) is 25.4 Å². The molecule has 174 valence electrons.